The highest BCUT2D eigenvalue weighted by Crippen LogP contribution is 2.53. The van der Waals surface area contributed by atoms with Gasteiger partial charge in [0.15, 0.2) is 18.4 Å². The van der Waals surface area contributed by atoms with Crippen LogP contribution in [0.3, 0.4) is 0 Å². The number of carbonyl (C=O) groups excluding carboxylic acids is 3. The van der Waals surface area contributed by atoms with Gasteiger partial charge in [0.05, 0.1) is 47.7 Å². The number of ketones is 1. The molecule has 5 aromatic rings. The first kappa shape index (κ1) is 40.7. The van der Waals surface area contributed by atoms with Crippen LogP contribution in [0.4, 0.5) is 22.1 Å². The van der Waals surface area contributed by atoms with Gasteiger partial charge >= 0.3 is 19.3 Å². The van der Waals surface area contributed by atoms with E-state index in [0.717, 1.165) is 11.1 Å². The Hall–Kier alpha value is -5.94. The minimum absolute atomic E-state index is 0.0241. The van der Waals surface area contributed by atoms with Gasteiger partial charge in [0.25, 0.3) is 5.69 Å². The fourth-order valence-corrected chi connectivity index (χ4v) is 7.21. The quantitative estimate of drug-likeness (QED) is 0.0633. The number of rotatable bonds is 10. The molecule has 0 saturated heterocycles. The summed E-state index contributed by atoms with van der Waals surface area (Å²) in [7, 11) is 1.54. The summed E-state index contributed by atoms with van der Waals surface area (Å²) in [6, 6.07) is 22.3. The molecule has 17 heteroatoms. The molecule has 2 aliphatic rings. The van der Waals surface area contributed by atoms with E-state index in [9.17, 15) is 26.9 Å². The maximum absolute atomic E-state index is 15.0. The van der Waals surface area contributed by atoms with E-state index in [1.165, 1.54) is 26.2 Å². The van der Waals surface area contributed by atoms with E-state index in [1.54, 1.807) is 31.0 Å². The number of nitrogens with zero attached hydrogens (tertiary/aromatic N) is 2. The molecule has 0 N–H and O–H groups in total. The molecule has 7 rings (SSSR count). The van der Waals surface area contributed by atoms with Crippen molar-refractivity contribution in [2.24, 2.45) is 7.05 Å². The second-order valence-corrected chi connectivity index (χ2v) is 13.2. The van der Waals surface area contributed by atoms with Crippen molar-refractivity contribution in [3.63, 3.8) is 0 Å². The minimum atomic E-state index is -6.00. The molecule has 0 saturated carbocycles. The van der Waals surface area contributed by atoms with Crippen LogP contribution >= 0.6 is 0 Å². The lowest BCUT2D eigenvalue weighted by Gasteiger charge is -2.34. The first-order chi connectivity index (χ1) is 27.2. The van der Waals surface area contributed by atoms with Crippen molar-refractivity contribution in [1.82, 2.24) is 4.90 Å². The van der Waals surface area contributed by atoms with E-state index in [-0.39, 0.29) is 43.5 Å². The van der Waals surface area contributed by atoms with Crippen LogP contribution in [0.1, 0.15) is 48.7 Å². The number of aromatic nitrogens is 1. The highest BCUT2D eigenvalue weighted by Gasteiger charge is 2.57. The van der Waals surface area contributed by atoms with Crippen molar-refractivity contribution < 1.29 is 69.3 Å². The molecule has 0 radical (unpaired) electrons. The summed E-state index contributed by atoms with van der Waals surface area (Å²) in [6.07, 6.45) is -0.196. The average Bonchev–Trinajstić information content (AvgIpc) is 3.42. The number of benzene rings is 4. The zero-order chi connectivity index (χ0) is 41.1. The van der Waals surface area contributed by atoms with Crippen LogP contribution in [0.2, 0.25) is 0 Å². The van der Waals surface area contributed by atoms with Gasteiger partial charge in [0, 0.05) is 30.0 Å². The van der Waals surface area contributed by atoms with Crippen LogP contribution in [-0.4, -0.2) is 71.6 Å². The first-order valence-corrected chi connectivity index (χ1v) is 17.7. The molecule has 4 aromatic carbocycles. The molecule has 57 heavy (non-hydrogen) atoms. The summed E-state index contributed by atoms with van der Waals surface area (Å²) >= 11 is 0. The Kier molecular flexibility index (Phi) is 11.9. The van der Waals surface area contributed by atoms with Crippen molar-refractivity contribution >= 4 is 35.9 Å². The largest absolute Gasteiger partial charge is 0.673 e. The topological polar surface area (TPSA) is 127 Å². The third-order valence-electron chi connectivity index (χ3n) is 9.61. The van der Waals surface area contributed by atoms with E-state index in [4.69, 9.17) is 32.9 Å². The molecule has 0 spiro atoms. The number of esters is 1. The molecule has 300 valence electrons. The standard InChI is InChI=1S/C40H39N2O10.BF4/c1-41(39(45)50-21-24-12-8-6-9-13-24)20-28-31-26(19-30(46-3)32(28)38(44)48-5)18-27-33(36(31)47-4)35-34-29(52-42(35)2)16-17-49-23-40(34,37(27)43)51-22-25-14-10-7-11-15-25;2-1(3,4)5/h6-15,18-19H,16-17,20-23H2,1-5H3;/q+1;-1. The van der Waals surface area contributed by atoms with Crippen molar-refractivity contribution in [3.8, 4) is 22.8 Å². The van der Waals surface area contributed by atoms with Crippen LogP contribution in [0, 0.1) is 0 Å². The molecule has 1 aliphatic heterocycles. The summed E-state index contributed by atoms with van der Waals surface area (Å²) in [4.78, 5) is 43.2. The predicted molar refractivity (Wildman–Crippen MR) is 197 cm³/mol. The predicted octanol–water partition coefficient (Wildman–Crippen LogP) is 6.98. The van der Waals surface area contributed by atoms with Gasteiger partial charge in [0.2, 0.25) is 5.78 Å². The van der Waals surface area contributed by atoms with Gasteiger partial charge in [-0.15, -0.1) is 0 Å². The van der Waals surface area contributed by atoms with Crippen molar-refractivity contribution in [3.05, 3.63) is 112 Å². The number of Topliss-reactive ketones (excluding diaryl/α,β-unsaturated/α-hetero) is 1. The maximum atomic E-state index is 15.0. The molecule has 1 aliphatic carbocycles. The second kappa shape index (κ2) is 16.7. The summed E-state index contributed by atoms with van der Waals surface area (Å²) in [5.74, 6) is 0.0557. The lowest BCUT2D eigenvalue weighted by atomic mass is 9.75. The van der Waals surface area contributed by atoms with E-state index >= 15 is 4.79 Å². The maximum Gasteiger partial charge on any atom is 0.673 e. The summed E-state index contributed by atoms with van der Waals surface area (Å²) in [5, 5.41) is 1.01. The molecule has 0 fully saturated rings. The number of fused-ring (bicyclic) bond motifs is 3. The molecule has 1 amide bonds. The molecule has 12 nitrogen and oxygen atoms in total. The van der Waals surface area contributed by atoms with Gasteiger partial charge in [-0.05, 0) is 33.4 Å². The fourth-order valence-electron chi connectivity index (χ4n) is 7.21. The number of hydrogen-bond acceptors (Lipinski definition) is 10. The number of aryl methyl sites for hydroxylation is 1. The highest BCUT2D eigenvalue weighted by molar-refractivity contribution is 6.50. The Morgan fingerprint density at radius 1 is 0.930 bits per heavy atom. The van der Waals surface area contributed by atoms with Crippen molar-refractivity contribution in [2.45, 2.75) is 31.8 Å². The Morgan fingerprint density at radius 3 is 2.16 bits per heavy atom. The Balaban J connectivity index is 0.00000103. The van der Waals surface area contributed by atoms with Crippen molar-refractivity contribution in [2.75, 3.05) is 41.6 Å². The molecule has 2 heterocycles. The molecular formula is C40H39BF4N2O10. The summed E-state index contributed by atoms with van der Waals surface area (Å²) in [6.45, 7) is 0.421. The van der Waals surface area contributed by atoms with Crippen LogP contribution in [0.15, 0.2) is 77.3 Å². The number of hydrogen-bond donors (Lipinski definition) is 0. The SMILES string of the molecule is COC(=O)c1c(OC)cc2cc3c(c(OC)c2c1CN(C)C(=O)OCc1ccccc1)-c1c2c(o[n+]1C)CCOCC2(OCc1ccccc1)C3=O.F[B-](F)(F)F. The normalized spacial score (nSPS) is 15.7. The highest BCUT2D eigenvalue weighted by atomic mass is 19.5. The molecule has 1 unspecified atom stereocenters. The van der Waals surface area contributed by atoms with Crippen LogP contribution < -0.4 is 14.2 Å². The summed E-state index contributed by atoms with van der Waals surface area (Å²) in [5.41, 5.74) is 2.61. The number of halogens is 4. The Bertz CT molecular complexity index is 2300. The van der Waals surface area contributed by atoms with Gasteiger partial charge < -0.3 is 50.6 Å². The molecule has 1 aromatic heterocycles. The average molecular weight is 795 g/mol. The zero-order valence-corrected chi connectivity index (χ0v) is 31.7. The second-order valence-electron chi connectivity index (χ2n) is 13.2. The minimum Gasteiger partial charge on any atom is -0.496 e. The van der Waals surface area contributed by atoms with Gasteiger partial charge in [0.1, 0.15) is 34.8 Å². The Morgan fingerprint density at radius 2 is 1.56 bits per heavy atom. The zero-order valence-electron chi connectivity index (χ0n) is 31.7. The lowest BCUT2D eigenvalue weighted by Crippen LogP contribution is -2.47. The number of methoxy groups -OCH3 is 3. The fraction of sp³-hybridized carbons (Fsp3) is 0.300. The van der Waals surface area contributed by atoms with Gasteiger partial charge in [-0.25, -0.2) is 14.1 Å². The van der Waals surface area contributed by atoms with Crippen molar-refractivity contribution in [1.29, 1.82) is 0 Å². The molecule has 0 bridgehead atoms. The van der Waals surface area contributed by atoms with Gasteiger partial charge in [-0.3, -0.25) is 4.79 Å². The Labute approximate surface area is 324 Å². The smallest absolute Gasteiger partial charge is 0.496 e. The molecular weight excluding hydrogens is 755 g/mol. The molecule has 1 atom stereocenters. The van der Waals surface area contributed by atoms with Crippen LogP contribution in [0.5, 0.6) is 11.5 Å². The third kappa shape index (κ3) is 8.16. The van der Waals surface area contributed by atoms with Crippen LogP contribution in [-0.2, 0) is 57.8 Å². The van der Waals surface area contributed by atoms with E-state index in [0.29, 0.717) is 63.3 Å². The van der Waals surface area contributed by atoms with E-state index in [1.807, 2.05) is 60.7 Å². The summed E-state index contributed by atoms with van der Waals surface area (Å²) < 4.78 is 82.4. The number of carbonyl (C=O) groups is 3. The lowest BCUT2D eigenvalue weighted by molar-refractivity contribution is -0.837. The van der Waals surface area contributed by atoms with Crippen LogP contribution in [0.25, 0.3) is 22.0 Å². The van der Waals surface area contributed by atoms with Gasteiger partial charge in [-0.1, -0.05) is 60.7 Å². The number of ether oxygens (including phenoxy) is 6. The van der Waals surface area contributed by atoms with E-state index in [2.05, 4.69) is 0 Å². The first-order valence-electron chi connectivity index (χ1n) is 17.7. The van der Waals surface area contributed by atoms with Gasteiger partial charge in [-0.2, -0.15) is 0 Å². The third-order valence-corrected chi connectivity index (χ3v) is 9.61. The van der Waals surface area contributed by atoms with E-state index < -0.39 is 24.9 Å². The number of amides is 1. The monoisotopic (exact) mass is 794 g/mol.